The van der Waals surface area contributed by atoms with E-state index in [2.05, 4.69) is 36.4 Å². The van der Waals surface area contributed by atoms with E-state index in [4.69, 9.17) is 0 Å². The second-order valence-corrected chi connectivity index (χ2v) is 10.5. The summed E-state index contributed by atoms with van der Waals surface area (Å²) in [5.74, 6) is -1.21. The molecule has 0 atom stereocenters. The van der Waals surface area contributed by atoms with Gasteiger partial charge >= 0.3 is 52.4 Å². The van der Waals surface area contributed by atoms with Gasteiger partial charge in [-0.2, -0.15) is 52.0 Å². The first-order chi connectivity index (χ1) is 22.3. The van der Waals surface area contributed by atoms with Gasteiger partial charge in [-0.25, -0.2) is 41.9 Å². The van der Waals surface area contributed by atoms with Gasteiger partial charge in [-0.15, -0.1) is 59.4 Å². The van der Waals surface area contributed by atoms with Crippen molar-refractivity contribution in [3.63, 3.8) is 0 Å². The molecule has 258 valence electrons. The molecule has 0 N–H and O–H groups in total. The minimum atomic E-state index is -0.359. The summed E-state index contributed by atoms with van der Waals surface area (Å²) in [6.45, 7) is 8.00. The number of hydrogen-bond donors (Lipinski definition) is 0. The van der Waals surface area contributed by atoms with Crippen molar-refractivity contribution in [3.8, 4) is 22.3 Å². The van der Waals surface area contributed by atoms with Gasteiger partial charge in [-0.05, 0) is 48.2 Å². The zero-order valence-corrected chi connectivity index (χ0v) is 34.9. The summed E-state index contributed by atoms with van der Waals surface area (Å²) in [5, 5.41) is 0. The third-order valence-electron chi connectivity index (χ3n) is 6.60. The molecule has 0 aromatic heterocycles. The Morgan fingerprint density at radius 2 is 0.860 bits per heavy atom. The second kappa shape index (κ2) is 27.5. The van der Waals surface area contributed by atoms with Gasteiger partial charge in [0.15, 0.2) is 0 Å². The maximum atomic E-state index is 13.0. The third kappa shape index (κ3) is 16.1. The average Bonchev–Trinajstić information content (AvgIpc) is 3.86. The Kier molecular flexibility index (Phi) is 27.6. The minimum absolute atomic E-state index is 0. The van der Waals surface area contributed by atoms with E-state index >= 15 is 0 Å². The van der Waals surface area contributed by atoms with Crippen molar-refractivity contribution in [3.05, 3.63) is 180 Å². The Balaban J connectivity index is 0. The summed E-state index contributed by atoms with van der Waals surface area (Å²) in [6, 6.07) is 20.9. The summed E-state index contributed by atoms with van der Waals surface area (Å²) < 4.78 is 51.8. The molecule has 0 fully saturated rings. The van der Waals surface area contributed by atoms with Crippen LogP contribution in [-0.4, -0.2) is 0 Å². The second-order valence-electron chi connectivity index (χ2n) is 10.5. The van der Waals surface area contributed by atoms with Crippen LogP contribution < -0.4 is 24.8 Å². The van der Waals surface area contributed by atoms with E-state index in [1.165, 1.54) is 36.4 Å². The molecule has 4 aromatic carbocycles. The predicted molar refractivity (Wildman–Crippen MR) is 181 cm³/mol. The van der Waals surface area contributed by atoms with Crippen LogP contribution in [-0.2, 0) is 65.2 Å². The topological polar surface area (TPSA) is 0 Å². The monoisotopic (exact) mass is 868 g/mol. The SMILES string of the molecule is C[CH-]C.C[CH-]C.Fc1[c-]c2c(cc1)-c1ccc(F)cc1C2.Fc1[c-]c2c(cc1)-c1ccc(F)cc1C2.[C-]1=CC=CC1.[C-]1=CC=CC1.[Cl-].[Cl-].[Zr+3].[Zr+3]. The van der Waals surface area contributed by atoms with Gasteiger partial charge in [0, 0.05) is 11.6 Å². The molecule has 4 aliphatic carbocycles. The van der Waals surface area contributed by atoms with Crippen molar-refractivity contribution in [1.29, 1.82) is 0 Å². The minimum Gasteiger partial charge on any atom is -1.00 e. The van der Waals surface area contributed by atoms with Gasteiger partial charge in [-0.1, -0.05) is 23.3 Å². The van der Waals surface area contributed by atoms with E-state index in [1.54, 1.807) is 24.3 Å². The van der Waals surface area contributed by atoms with Gasteiger partial charge in [-0.3, -0.25) is 12.2 Å². The Morgan fingerprint density at radius 1 is 0.520 bits per heavy atom. The summed E-state index contributed by atoms with van der Waals surface area (Å²) in [6.07, 6.45) is 25.1. The first-order valence-electron chi connectivity index (χ1n) is 15.2. The quantitative estimate of drug-likeness (QED) is 0.135. The molecule has 0 saturated carbocycles. The Morgan fingerprint density at radius 3 is 1.14 bits per heavy atom. The zero-order valence-electron chi connectivity index (χ0n) is 28.5. The van der Waals surface area contributed by atoms with Crippen LogP contribution in [0.1, 0.15) is 62.8 Å². The summed E-state index contributed by atoms with van der Waals surface area (Å²) >= 11 is 0. The van der Waals surface area contributed by atoms with E-state index < -0.39 is 0 Å². The number of rotatable bonds is 0. The molecule has 0 unspecified atom stereocenters. The first-order valence-corrected chi connectivity index (χ1v) is 15.2. The summed E-state index contributed by atoms with van der Waals surface area (Å²) in [7, 11) is 0. The number of allylic oxidation sites excluding steroid dienone is 8. The van der Waals surface area contributed by atoms with Crippen LogP contribution in [0.4, 0.5) is 17.6 Å². The maximum Gasteiger partial charge on any atom is 3.00 e. The predicted octanol–water partition coefficient (Wildman–Crippen LogP) is 5.75. The Bertz CT molecular complexity index is 1450. The van der Waals surface area contributed by atoms with Crippen LogP contribution in [0.2, 0.25) is 0 Å². The molecule has 0 saturated heterocycles. The molecule has 2 radical (unpaired) electrons. The Hall–Kier alpha value is -2.09. The van der Waals surface area contributed by atoms with E-state index in [0.717, 1.165) is 57.3 Å². The van der Waals surface area contributed by atoms with Crippen molar-refractivity contribution in [2.45, 2.75) is 53.4 Å². The fourth-order valence-electron chi connectivity index (χ4n) is 4.81. The smallest absolute Gasteiger partial charge is 1.00 e. The van der Waals surface area contributed by atoms with Crippen LogP contribution in [0.25, 0.3) is 22.3 Å². The van der Waals surface area contributed by atoms with Crippen LogP contribution >= 0.6 is 0 Å². The zero-order chi connectivity index (χ0) is 33.3. The normalized spacial score (nSPS) is 11.7. The van der Waals surface area contributed by atoms with E-state index in [9.17, 15) is 17.6 Å². The molecule has 0 nitrogen and oxygen atoms in total. The van der Waals surface area contributed by atoms with Crippen LogP contribution in [0.3, 0.4) is 0 Å². The van der Waals surface area contributed by atoms with Crippen molar-refractivity contribution in [1.82, 2.24) is 0 Å². The molecular formula is C42H38Cl2F4Zr2-2. The molecule has 0 bridgehead atoms. The standard InChI is InChI=1S/2C13H7F2.2C5H5.2C3H7.2ClH.2Zr/c2*14-10-1-3-12-8(6-10)5-9-7-11(15)2-4-13(9)12;2*1-2-4-5-3-1;2*1-3-2;;;;/h2*1-4,6H,5H2;2*1-3H,4H2;2*3H,1-2H3;2*1H;;/q6*-1;;;2*+3/p-2. The summed E-state index contributed by atoms with van der Waals surface area (Å²) in [5.41, 5.74) is 7.35. The molecular weight excluding hydrogens is 834 g/mol. The molecule has 50 heavy (non-hydrogen) atoms. The molecule has 8 rings (SSSR count). The Labute approximate surface area is 347 Å². The van der Waals surface area contributed by atoms with Gasteiger partial charge < -0.3 is 37.7 Å². The van der Waals surface area contributed by atoms with Crippen molar-refractivity contribution in [2.24, 2.45) is 0 Å². The number of fused-ring (bicyclic) bond motifs is 6. The van der Waals surface area contributed by atoms with Gasteiger partial charge in [0.05, 0.1) is 0 Å². The number of halogens is 6. The van der Waals surface area contributed by atoms with Crippen LogP contribution in [0.15, 0.2) is 97.1 Å². The van der Waals surface area contributed by atoms with Gasteiger partial charge in [0.1, 0.15) is 11.6 Å². The van der Waals surface area contributed by atoms with Crippen molar-refractivity contribution >= 4 is 0 Å². The molecule has 0 heterocycles. The van der Waals surface area contributed by atoms with Gasteiger partial charge in [0.2, 0.25) is 0 Å². The van der Waals surface area contributed by atoms with E-state index in [-0.39, 0.29) is 100 Å². The van der Waals surface area contributed by atoms with Crippen molar-refractivity contribution in [2.75, 3.05) is 0 Å². The fraction of sp³-hybridized carbons (Fsp3) is 0.190. The molecule has 4 aliphatic rings. The fourth-order valence-corrected chi connectivity index (χ4v) is 4.81. The van der Waals surface area contributed by atoms with E-state index in [0.29, 0.717) is 12.8 Å². The average molecular weight is 872 g/mol. The van der Waals surface area contributed by atoms with Crippen LogP contribution in [0.5, 0.6) is 0 Å². The van der Waals surface area contributed by atoms with E-state index in [1.807, 2.05) is 64.8 Å². The van der Waals surface area contributed by atoms with Crippen molar-refractivity contribution < 1.29 is 94.8 Å². The molecule has 0 amide bonds. The molecule has 8 heteroatoms. The number of hydrogen-bond acceptors (Lipinski definition) is 0. The molecule has 4 aromatic rings. The first kappa shape index (κ1) is 50.0. The molecule has 0 aliphatic heterocycles. The van der Waals surface area contributed by atoms with Gasteiger partial charge in [0.25, 0.3) is 0 Å². The third-order valence-corrected chi connectivity index (χ3v) is 6.60. The largest absolute Gasteiger partial charge is 3.00 e. The summed E-state index contributed by atoms with van der Waals surface area (Å²) in [4.78, 5) is 0. The number of benzene rings is 4. The van der Waals surface area contributed by atoms with Crippen LogP contribution in [0, 0.1) is 60.4 Å². The molecule has 0 spiro atoms. The maximum absolute atomic E-state index is 13.0.